The van der Waals surface area contributed by atoms with Crippen molar-refractivity contribution in [1.29, 1.82) is 0 Å². The maximum Gasteiger partial charge on any atom is 0.229 e. The Bertz CT molecular complexity index is 806. The number of nitrogens with zero attached hydrogens (tertiary/aromatic N) is 1. The van der Waals surface area contributed by atoms with E-state index in [4.69, 9.17) is 0 Å². The molecule has 136 valence electrons. The van der Waals surface area contributed by atoms with E-state index in [9.17, 15) is 9.59 Å². The van der Waals surface area contributed by atoms with Gasteiger partial charge in [-0.25, -0.2) is 0 Å². The quantitative estimate of drug-likeness (QED) is 0.882. The third-order valence-electron chi connectivity index (χ3n) is 5.13. The van der Waals surface area contributed by atoms with Gasteiger partial charge in [0.05, 0.1) is 5.92 Å². The van der Waals surface area contributed by atoms with Crippen molar-refractivity contribution < 1.29 is 9.59 Å². The zero-order chi connectivity index (χ0) is 18.7. The number of nitrogens with one attached hydrogen (secondary N) is 1. The van der Waals surface area contributed by atoms with Crippen molar-refractivity contribution in [2.24, 2.45) is 5.92 Å². The number of hydrogen-bond donors (Lipinski definition) is 1. The number of carbonyl (C=O) groups excluding carboxylic acids is 2. The van der Waals surface area contributed by atoms with Crippen LogP contribution in [0.25, 0.3) is 0 Å². The molecule has 2 amide bonds. The van der Waals surface area contributed by atoms with Crippen LogP contribution in [0.4, 0.5) is 11.4 Å². The highest BCUT2D eigenvalue weighted by Crippen LogP contribution is 2.33. The van der Waals surface area contributed by atoms with Crippen LogP contribution in [0.1, 0.15) is 37.0 Å². The van der Waals surface area contributed by atoms with E-state index in [1.165, 1.54) is 0 Å². The van der Waals surface area contributed by atoms with Gasteiger partial charge in [0.15, 0.2) is 0 Å². The standard InChI is InChI=1S/C22H26N2O2/c1-4-16-10-8-11-17(5-2)21(16)24-14-18(13-20(24)25)22(26)23-19-12-7-6-9-15(19)3/h6-12,18H,4-5,13-14H2,1-3H3,(H,23,26)/t18-/m1/s1. The number of para-hydroxylation sites is 2. The van der Waals surface area contributed by atoms with Crippen LogP contribution in [-0.2, 0) is 22.4 Å². The van der Waals surface area contributed by atoms with Gasteiger partial charge in [0.2, 0.25) is 11.8 Å². The maximum atomic E-state index is 12.7. The predicted molar refractivity (Wildman–Crippen MR) is 105 cm³/mol. The molecule has 2 aromatic carbocycles. The van der Waals surface area contributed by atoms with Crippen molar-refractivity contribution >= 4 is 23.2 Å². The molecule has 4 heteroatoms. The van der Waals surface area contributed by atoms with E-state index >= 15 is 0 Å². The molecule has 1 atom stereocenters. The highest BCUT2D eigenvalue weighted by molar-refractivity contribution is 6.04. The van der Waals surface area contributed by atoms with Crippen molar-refractivity contribution in [2.45, 2.75) is 40.0 Å². The Hall–Kier alpha value is -2.62. The predicted octanol–water partition coefficient (Wildman–Crippen LogP) is 4.11. The van der Waals surface area contributed by atoms with Crippen LogP contribution in [0, 0.1) is 12.8 Å². The molecule has 0 saturated carbocycles. The molecule has 0 aromatic heterocycles. The molecule has 0 aliphatic carbocycles. The number of hydrogen-bond acceptors (Lipinski definition) is 2. The SMILES string of the molecule is CCc1cccc(CC)c1N1C[C@H](C(=O)Nc2ccccc2C)CC1=O. The largest absolute Gasteiger partial charge is 0.326 e. The molecule has 0 unspecified atom stereocenters. The summed E-state index contributed by atoms with van der Waals surface area (Å²) in [6, 6.07) is 13.9. The first kappa shape index (κ1) is 18.2. The molecule has 4 nitrogen and oxygen atoms in total. The lowest BCUT2D eigenvalue weighted by Crippen LogP contribution is -2.29. The summed E-state index contributed by atoms with van der Waals surface area (Å²) in [7, 11) is 0. The second kappa shape index (κ2) is 7.73. The number of anilines is 2. The molecule has 0 spiro atoms. The molecule has 1 fully saturated rings. The molecule has 3 rings (SSSR count). The maximum absolute atomic E-state index is 12.7. The fourth-order valence-electron chi connectivity index (χ4n) is 3.61. The first-order chi connectivity index (χ1) is 12.5. The lowest BCUT2D eigenvalue weighted by Gasteiger charge is -2.23. The van der Waals surface area contributed by atoms with Gasteiger partial charge in [0.1, 0.15) is 0 Å². The van der Waals surface area contributed by atoms with Crippen LogP contribution in [0.5, 0.6) is 0 Å². The van der Waals surface area contributed by atoms with Gasteiger partial charge in [0.25, 0.3) is 0 Å². The zero-order valence-electron chi connectivity index (χ0n) is 15.7. The summed E-state index contributed by atoms with van der Waals surface area (Å²) in [5.41, 5.74) is 5.17. The normalized spacial score (nSPS) is 16.8. The van der Waals surface area contributed by atoms with Crippen LogP contribution >= 0.6 is 0 Å². The van der Waals surface area contributed by atoms with Gasteiger partial charge in [-0.15, -0.1) is 0 Å². The number of benzene rings is 2. The summed E-state index contributed by atoms with van der Waals surface area (Å²) in [4.78, 5) is 27.2. The second-order valence-corrected chi connectivity index (χ2v) is 6.84. The Balaban J connectivity index is 1.81. The third-order valence-corrected chi connectivity index (χ3v) is 5.13. The Morgan fingerprint density at radius 3 is 2.35 bits per heavy atom. The molecule has 1 heterocycles. The molecule has 2 aromatic rings. The molecule has 1 aliphatic rings. The number of amides is 2. The summed E-state index contributed by atoms with van der Waals surface area (Å²) >= 11 is 0. The molecule has 1 N–H and O–H groups in total. The third kappa shape index (κ3) is 3.50. The fraction of sp³-hybridized carbons (Fsp3) is 0.364. The van der Waals surface area contributed by atoms with E-state index in [2.05, 4.69) is 31.3 Å². The Morgan fingerprint density at radius 2 is 1.73 bits per heavy atom. The monoisotopic (exact) mass is 350 g/mol. The Kier molecular flexibility index (Phi) is 5.40. The van der Waals surface area contributed by atoms with Crippen LogP contribution in [0.2, 0.25) is 0 Å². The highest BCUT2D eigenvalue weighted by Gasteiger charge is 2.36. The van der Waals surface area contributed by atoms with E-state index in [1.54, 1.807) is 0 Å². The smallest absolute Gasteiger partial charge is 0.229 e. The van der Waals surface area contributed by atoms with E-state index < -0.39 is 0 Å². The molecule has 0 radical (unpaired) electrons. The first-order valence-corrected chi connectivity index (χ1v) is 9.32. The van der Waals surface area contributed by atoms with Gasteiger partial charge in [0, 0.05) is 24.3 Å². The highest BCUT2D eigenvalue weighted by atomic mass is 16.2. The van der Waals surface area contributed by atoms with E-state index in [0.717, 1.165) is 40.9 Å². The average molecular weight is 350 g/mol. The molecular formula is C22H26N2O2. The van der Waals surface area contributed by atoms with Crippen LogP contribution in [-0.4, -0.2) is 18.4 Å². The lowest BCUT2D eigenvalue weighted by molar-refractivity contribution is -0.122. The van der Waals surface area contributed by atoms with Crippen LogP contribution in [0.3, 0.4) is 0 Å². The minimum Gasteiger partial charge on any atom is -0.326 e. The number of aryl methyl sites for hydroxylation is 3. The summed E-state index contributed by atoms with van der Waals surface area (Å²) in [6.45, 7) is 6.61. The zero-order valence-corrected chi connectivity index (χ0v) is 15.7. The molecular weight excluding hydrogens is 324 g/mol. The first-order valence-electron chi connectivity index (χ1n) is 9.32. The van der Waals surface area contributed by atoms with Crippen molar-refractivity contribution in [1.82, 2.24) is 0 Å². The fourth-order valence-corrected chi connectivity index (χ4v) is 3.61. The van der Waals surface area contributed by atoms with Crippen LogP contribution < -0.4 is 10.2 Å². The average Bonchev–Trinajstić information content (AvgIpc) is 3.04. The van der Waals surface area contributed by atoms with Gasteiger partial charge in [-0.3, -0.25) is 9.59 Å². The Labute approximate surface area is 155 Å². The van der Waals surface area contributed by atoms with Gasteiger partial charge in [-0.2, -0.15) is 0 Å². The number of carbonyl (C=O) groups is 2. The molecule has 1 aliphatic heterocycles. The Morgan fingerprint density at radius 1 is 1.08 bits per heavy atom. The molecule has 0 bridgehead atoms. The topological polar surface area (TPSA) is 49.4 Å². The van der Waals surface area contributed by atoms with E-state index in [1.807, 2.05) is 42.2 Å². The van der Waals surface area contributed by atoms with Gasteiger partial charge < -0.3 is 10.2 Å². The van der Waals surface area contributed by atoms with Gasteiger partial charge >= 0.3 is 0 Å². The number of rotatable bonds is 5. The summed E-state index contributed by atoms with van der Waals surface area (Å²) < 4.78 is 0. The van der Waals surface area contributed by atoms with Gasteiger partial charge in [-0.1, -0.05) is 50.2 Å². The van der Waals surface area contributed by atoms with E-state index in [0.29, 0.717) is 6.54 Å². The minimum atomic E-state index is -0.322. The van der Waals surface area contributed by atoms with Crippen molar-refractivity contribution in [3.63, 3.8) is 0 Å². The van der Waals surface area contributed by atoms with Crippen molar-refractivity contribution in [3.8, 4) is 0 Å². The van der Waals surface area contributed by atoms with Crippen molar-refractivity contribution in [3.05, 3.63) is 59.2 Å². The van der Waals surface area contributed by atoms with Crippen LogP contribution in [0.15, 0.2) is 42.5 Å². The minimum absolute atomic E-state index is 0.0329. The van der Waals surface area contributed by atoms with E-state index in [-0.39, 0.29) is 24.2 Å². The molecule has 26 heavy (non-hydrogen) atoms. The second-order valence-electron chi connectivity index (χ2n) is 6.84. The molecule has 1 saturated heterocycles. The summed E-state index contributed by atoms with van der Waals surface area (Å²) in [5.74, 6) is -0.371. The lowest BCUT2D eigenvalue weighted by atomic mass is 10.0. The van der Waals surface area contributed by atoms with Crippen molar-refractivity contribution in [2.75, 3.05) is 16.8 Å². The summed E-state index contributed by atoms with van der Waals surface area (Å²) in [6.07, 6.45) is 2.00. The van der Waals surface area contributed by atoms with Gasteiger partial charge in [-0.05, 0) is 42.5 Å². The summed E-state index contributed by atoms with van der Waals surface area (Å²) in [5, 5.41) is 2.98.